The van der Waals surface area contributed by atoms with Gasteiger partial charge >= 0.3 is 5.97 Å². The predicted molar refractivity (Wildman–Crippen MR) is 140 cm³/mol. The summed E-state index contributed by atoms with van der Waals surface area (Å²) in [6, 6.07) is 6.48. The Balaban J connectivity index is 1.39. The van der Waals surface area contributed by atoms with Crippen LogP contribution in [0, 0.1) is 28.7 Å². The molecule has 3 aromatic rings. The number of hydrogen-bond donors (Lipinski definition) is 2. The lowest BCUT2D eigenvalue weighted by Gasteiger charge is -2.41. The third-order valence-corrected chi connectivity index (χ3v) is 8.41. The molecule has 1 aliphatic rings. The molecule has 1 aliphatic heterocycles. The van der Waals surface area contributed by atoms with Crippen molar-refractivity contribution < 1.29 is 37.3 Å². The van der Waals surface area contributed by atoms with Crippen LogP contribution >= 0.6 is 11.8 Å². The van der Waals surface area contributed by atoms with Crippen molar-refractivity contribution in [2.75, 3.05) is 32.5 Å². The van der Waals surface area contributed by atoms with Gasteiger partial charge in [0.15, 0.2) is 11.6 Å². The van der Waals surface area contributed by atoms with Crippen molar-refractivity contribution in [3.05, 3.63) is 65.4 Å². The molecule has 0 saturated carbocycles. The summed E-state index contributed by atoms with van der Waals surface area (Å²) in [5.41, 5.74) is 0.0454. The molecule has 4 rings (SSSR count). The van der Waals surface area contributed by atoms with E-state index in [0.29, 0.717) is 67.4 Å². The van der Waals surface area contributed by atoms with Crippen molar-refractivity contribution in [3.8, 4) is 5.75 Å². The number of aromatic nitrogens is 1. The molecule has 1 aromatic heterocycles. The average Bonchev–Trinajstić information content (AvgIpc) is 2.90. The first kappa shape index (κ1) is 29.1. The van der Waals surface area contributed by atoms with Gasteiger partial charge in [-0.05, 0) is 68.5 Å². The van der Waals surface area contributed by atoms with Crippen LogP contribution in [0.15, 0.2) is 41.4 Å². The van der Waals surface area contributed by atoms with Crippen LogP contribution in [0.4, 0.5) is 17.6 Å². The number of halogens is 4. The summed E-state index contributed by atoms with van der Waals surface area (Å²) in [4.78, 5) is 17.8. The SMILES string of the molecule is COc1ccc2ncc(F)c([C@@H](O)CCC3(CC(=O)O)CCN(CCSc4cc(F)cc(F)c4F)CC3)c2c1. The van der Waals surface area contributed by atoms with Gasteiger partial charge in [0.05, 0.1) is 31.3 Å². The van der Waals surface area contributed by atoms with E-state index in [1.807, 2.05) is 0 Å². The zero-order chi connectivity index (χ0) is 28.2. The molecule has 1 atom stereocenters. The Kier molecular flexibility index (Phi) is 9.35. The van der Waals surface area contributed by atoms with Gasteiger partial charge in [0.25, 0.3) is 0 Å². The maximum absolute atomic E-state index is 14.8. The molecular formula is C28H30F4N2O4S. The first-order valence-electron chi connectivity index (χ1n) is 12.6. The Morgan fingerprint density at radius 1 is 1.15 bits per heavy atom. The van der Waals surface area contributed by atoms with Gasteiger partial charge in [-0.2, -0.15) is 0 Å². The maximum atomic E-state index is 14.8. The molecule has 1 saturated heterocycles. The Hall–Kier alpha value is -2.89. The van der Waals surface area contributed by atoms with Crippen LogP contribution < -0.4 is 4.74 Å². The summed E-state index contributed by atoms with van der Waals surface area (Å²) < 4.78 is 60.8. The smallest absolute Gasteiger partial charge is 0.303 e. The standard InChI is InChI=1S/C28H30F4N2O4S/c1-38-18-2-3-22-19(14-18)26(21(31)16-33-22)23(35)4-5-28(15-25(36)37)6-8-34(9-7-28)10-11-39-24-13-17(29)12-20(30)27(24)32/h2-3,12-14,16,23,35H,4-11,15H2,1H3,(H,36,37)/t23-/m0/s1. The highest BCUT2D eigenvalue weighted by Gasteiger charge is 2.37. The number of piperidine rings is 1. The normalized spacial score (nSPS) is 16.4. The number of carboxylic acids is 1. The molecule has 1 fully saturated rings. The van der Waals surface area contributed by atoms with Crippen LogP contribution in [0.1, 0.15) is 43.8 Å². The van der Waals surface area contributed by atoms with Gasteiger partial charge in [0, 0.05) is 34.2 Å². The highest BCUT2D eigenvalue weighted by Crippen LogP contribution is 2.42. The molecule has 2 N–H and O–H groups in total. The summed E-state index contributed by atoms with van der Waals surface area (Å²) in [5.74, 6) is -3.82. The summed E-state index contributed by atoms with van der Waals surface area (Å²) in [6.07, 6.45) is 1.47. The van der Waals surface area contributed by atoms with Crippen molar-refractivity contribution >= 4 is 28.6 Å². The number of nitrogens with zero attached hydrogens (tertiary/aromatic N) is 2. The number of benzene rings is 2. The Labute approximate surface area is 228 Å². The molecule has 210 valence electrons. The Morgan fingerprint density at radius 2 is 1.90 bits per heavy atom. The first-order valence-corrected chi connectivity index (χ1v) is 13.6. The zero-order valence-corrected chi connectivity index (χ0v) is 22.2. The lowest BCUT2D eigenvalue weighted by molar-refractivity contribution is -0.141. The Bertz CT molecular complexity index is 1330. The minimum atomic E-state index is -1.23. The number of thioether (sulfide) groups is 1. The van der Waals surface area contributed by atoms with E-state index < -0.39 is 40.8 Å². The molecule has 2 aromatic carbocycles. The van der Waals surface area contributed by atoms with E-state index >= 15 is 0 Å². The number of rotatable bonds is 11. The maximum Gasteiger partial charge on any atom is 0.303 e. The monoisotopic (exact) mass is 566 g/mol. The summed E-state index contributed by atoms with van der Waals surface area (Å²) in [5, 5.41) is 21.1. The number of aliphatic hydroxyl groups is 1. The van der Waals surface area contributed by atoms with Crippen LogP contribution in [-0.2, 0) is 4.79 Å². The van der Waals surface area contributed by atoms with Gasteiger partial charge in [-0.1, -0.05) is 0 Å². The van der Waals surface area contributed by atoms with Crippen LogP contribution in [0.5, 0.6) is 5.75 Å². The number of pyridine rings is 1. The van der Waals surface area contributed by atoms with Crippen molar-refractivity contribution in [1.29, 1.82) is 0 Å². The average molecular weight is 567 g/mol. The van der Waals surface area contributed by atoms with E-state index in [0.717, 1.165) is 24.0 Å². The van der Waals surface area contributed by atoms with Gasteiger partial charge < -0.3 is 19.8 Å². The minimum Gasteiger partial charge on any atom is -0.497 e. The predicted octanol–water partition coefficient (Wildman–Crippen LogP) is 5.96. The van der Waals surface area contributed by atoms with Crippen LogP contribution in [0.25, 0.3) is 10.9 Å². The zero-order valence-electron chi connectivity index (χ0n) is 21.4. The van der Waals surface area contributed by atoms with Crippen LogP contribution in [-0.4, -0.2) is 58.6 Å². The van der Waals surface area contributed by atoms with Gasteiger partial charge in [0.1, 0.15) is 17.4 Å². The molecule has 39 heavy (non-hydrogen) atoms. The number of likely N-dealkylation sites (tertiary alicyclic amines) is 1. The number of ether oxygens (including phenoxy) is 1. The van der Waals surface area contributed by atoms with E-state index in [2.05, 4.69) is 9.88 Å². The lowest BCUT2D eigenvalue weighted by atomic mass is 9.71. The van der Waals surface area contributed by atoms with Crippen LogP contribution in [0.2, 0.25) is 0 Å². The van der Waals surface area contributed by atoms with Crippen molar-refractivity contribution in [2.45, 2.75) is 43.1 Å². The molecule has 0 bridgehead atoms. The van der Waals surface area contributed by atoms with Crippen molar-refractivity contribution in [1.82, 2.24) is 9.88 Å². The minimum absolute atomic E-state index is 0.0799. The Morgan fingerprint density at radius 3 is 2.59 bits per heavy atom. The van der Waals surface area contributed by atoms with E-state index in [-0.39, 0.29) is 23.3 Å². The number of methoxy groups -OCH3 is 1. The fraction of sp³-hybridized carbons (Fsp3) is 0.429. The van der Waals surface area contributed by atoms with Crippen molar-refractivity contribution in [2.24, 2.45) is 5.41 Å². The lowest BCUT2D eigenvalue weighted by Crippen LogP contribution is -2.42. The molecule has 0 spiro atoms. The molecule has 0 unspecified atom stereocenters. The summed E-state index contributed by atoms with van der Waals surface area (Å²) >= 11 is 1.02. The third-order valence-electron chi connectivity index (χ3n) is 7.42. The molecule has 0 radical (unpaired) electrons. The number of carbonyl (C=O) groups is 1. The van der Waals surface area contributed by atoms with E-state index in [1.54, 1.807) is 18.2 Å². The van der Waals surface area contributed by atoms with Gasteiger partial charge in [0.2, 0.25) is 0 Å². The number of aliphatic hydroxyl groups excluding tert-OH is 1. The summed E-state index contributed by atoms with van der Waals surface area (Å²) in [6.45, 7) is 1.69. The number of carboxylic acid groups (broad SMARTS) is 1. The quantitative estimate of drug-likeness (QED) is 0.168. The second kappa shape index (κ2) is 12.5. The van der Waals surface area contributed by atoms with E-state index in [4.69, 9.17) is 4.74 Å². The number of aliphatic carboxylic acids is 1. The fourth-order valence-corrected chi connectivity index (χ4v) is 6.22. The number of hydrogen-bond acceptors (Lipinski definition) is 6. The highest BCUT2D eigenvalue weighted by molar-refractivity contribution is 7.99. The van der Waals surface area contributed by atoms with E-state index in [1.165, 1.54) is 7.11 Å². The molecule has 2 heterocycles. The van der Waals surface area contributed by atoms with Gasteiger partial charge in [-0.15, -0.1) is 11.8 Å². The van der Waals surface area contributed by atoms with Crippen LogP contribution in [0.3, 0.4) is 0 Å². The van der Waals surface area contributed by atoms with Crippen molar-refractivity contribution in [3.63, 3.8) is 0 Å². The van der Waals surface area contributed by atoms with Gasteiger partial charge in [-0.25, -0.2) is 17.6 Å². The largest absolute Gasteiger partial charge is 0.497 e. The fourth-order valence-electron chi connectivity index (χ4n) is 5.23. The molecular weight excluding hydrogens is 536 g/mol. The third kappa shape index (κ3) is 7.01. The molecule has 0 aliphatic carbocycles. The summed E-state index contributed by atoms with van der Waals surface area (Å²) in [7, 11) is 1.49. The highest BCUT2D eigenvalue weighted by atomic mass is 32.2. The first-order chi connectivity index (χ1) is 18.6. The second-order valence-electron chi connectivity index (χ2n) is 9.92. The van der Waals surface area contributed by atoms with Gasteiger partial charge in [-0.3, -0.25) is 9.78 Å². The molecule has 11 heteroatoms. The molecule has 6 nitrogen and oxygen atoms in total. The van der Waals surface area contributed by atoms with E-state index in [9.17, 15) is 32.6 Å². The second-order valence-corrected chi connectivity index (χ2v) is 11.1. The number of fused-ring (bicyclic) bond motifs is 1. The topological polar surface area (TPSA) is 82.9 Å². The molecule has 0 amide bonds.